The van der Waals surface area contributed by atoms with Gasteiger partial charge in [0.1, 0.15) is 6.54 Å². The van der Waals surface area contributed by atoms with Gasteiger partial charge in [0.05, 0.1) is 0 Å². The van der Waals surface area contributed by atoms with E-state index < -0.39 is 0 Å². The number of halogens is 1. The summed E-state index contributed by atoms with van der Waals surface area (Å²) in [6.45, 7) is 8.57. The van der Waals surface area contributed by atoms with Crippen molar-refractivity contribution in [2.75, 3.05) is 13.1 Å². The third kappa shape index (κ3) is 5.41. The maximum absolute atomic E-state index is 4.67. The summed E-state index contributed by atoms with van der Waals surface area (Å²) in [7, 11) is 0. The van der Waals surface area contributed by atoms with Gasteiger partial charge in [-0.25, -0.2) is 4.99 Å². The lowest BCUT2D eigenvalue weighted by atomic mass is 9.85. The van der Waals surface area contributed by atoms with Crippen molar-refractivity contribution in [1.29, 1.82) is 0 Å². The number of guanidine groups is 1. The van der Waals surface area contributed by atoms with Gasteiger partial charge in [-0.3, -0.25) is 4.40 Å². The number of fused-ring (bicyclic) bond motifs is 1. The van der Waals surface area contributed by atoms with Crippen molar-refractivity contribution in [2.45, 2.75) is 32.7 Å². The average molecular weight is 478 g/mol. The summed E-state index contributed by atoms with van der Waals surface area (Å²) in [5.41, 5.74) is 2.13. The van der Waals surface area contributed by atoms with Gasteiger partial charge >= 0.3 is 0 Å². The van der Waals surface area contributed by atoms with E-state index in [0.29, 0.717) is 6.54 Å². The minimum atomic E-state index is -0.000981. The smallest absolute Gasteiger partial charge is 0.191 e. The van der Waals surface area contributed by atoms with Crippen LogP contribution in [0.5, 0.6) is 0 Å². The molecule has 0 amide bonds. The van der Waals surface area contributed by atoms with E-state index in [-0.39, 0.29) is 29.4 Å². The van der Waals surface area contributed by atoms with E-state index in [1.54, 1.807) is 0 Å². The fraction of sp³-hybridized carbons (Fsp3) is 0.350. The Morgan fingerprint density at radius 3 is 2.52 bits per heavy atom. The standard InChI is InChI=1S/C20H26N6.HI/c1-4-21-19(23-15-20(2,3)16-10-6-5-7-11-16)22-14-18-25-24-17-12-8-9-13-26(17)18;/h5-13H,4,14-15H2,1-3H3,(H2,21,22,23);1H. The zero-order valence-corrected chi connectivity index (χ0v) is 18.3. The Morgan fingerprint density at radius 1 is 1.04 bits per heavy atom. The lowest BCUT2D eigenvalue weighted by Crippen LogP contribution is -2.43. The lowest BCUT2D eigenvalue weighted by Gasteiger charge is -2.26. The Balaban J connectivity index is 0.00000261. The molecule has 0 fully saturated rings. The Morgan fingerprint density at radius 2 is 1.78 bits per heavy atom. The summed E-state index contributed by atoms with van der Waals surface area (Å²) in [5.74, 6) is 1.60. The second-order valence-electron chi connectivity index (χ2n) is 6.84. The van der Waals surface area contributed by atoms with Gasteiger partial charge in [0.25, 0.3) is 0 Å². The van der Waals surface area contributed by atoms with Crippen molar-refractivity contribution in [3.8, 4) is 0 Å². The zero-order chi connectivity index (χ0) is 18.4. The van der Waals surface area contributed by atoms with Gasteiger partial charge < -0.3 is 10.6 Å². The quantitative estimate of drug-likeness (QED) is 0.324. The molecule has 2 N–H and O–H groups in total. The van der Waals surface area contributed by atoms with Crippen LogP contribution in [0.3, 0.4) is 0 Å². The highest BCUT2D eigenvalue weighted by Crippen LogP contribution is 2.21. The predicted octanol–water partition coefficient (Wildman–Crippen LogP) is 3.38. The number of benzene rings is 1. The van der Waals surface area contributed by atoms with Crippen molar-refractivity contribution in [3.05, 3.63) is 66.1 Å². The van der Waals surface area contributed by atoms with Gasteiger partial charge in [-0.2, -0.15) is 0 Å². The molecule has 0 saturated carbocycles. The van der Waals surface area contributed by atoms with E-state index in [2.05, 4.69) is 70.9 Å². The molecule has 0 aliphatic heterocycles. The van der Waals surface area contributed by atoms with Crippen LogP contribution in [-0.4, -0.2) is 33.6 Å². The predicted molar refractivity (Wildman–Crippen MR) is 121 cm³/mol. The molecule has 7 heteroatoms. The molecule has 0 spiro atoms. The highest BCUT2D eigenvalue weighted by Gasteiger charge is 2.20. The summed E-state index contributed by atoms with van der Waals surface area (Å²) in [6, 6.07) is 16.4. The van der Waals surface area contributed by atoms with E-state index in [4.69, 9.17) is 0 Å². The van der Waals surface area contributed by atoms with Crippen LogP contribution in [0.25, 0.3) is 5.65 Å². The van der Waals surface area contributed by atoms with Crippen molar-refractivity contribution >= 4 is 35.6 Å². The highest BCUT2D eigenvalue weighted by molar-refractivity contribution is 14.0. The van der Waals surface area contributed by atoms with E-state index >= 15 is 0 Å². The van der Waals surface area contributed by atoms with Gasteiger partial charge in [0.15, 0.2) is 17.4 Å². The summed E-state index contributed by atoms with van der Waals surface area (Å²) in [4.78, 5) is 4.67. The molecule has 0 aliphatic rings. The van der Waals surface area contributed by atoms with E-state index in [0.717, 1.165) is 30.5 Å². The van der Waals surface area contributed by atoms with Crippen LogP contribution in [-0.2, 0) is 12.0 Å². The fourth-order valence-electron chi connectivity index (χ4n) is 2.79. The molecule has 2 heterocycles. The Bertz CT molecular complexity index is 872. The normalized spacial score (nSPS) is 11.9. The molecule has 0 aliphatic carbocycles. The highest BCUT2D eigenvalue weighted by atomic mass is 127. The first kappa shape index (κ1) is 21.1. The van der Waals surface area contributed by atoms with Gasteiger partial charge in [-0.1, -0.05) is 50.2 Å². The Kier molecular flexibility index (Phi) is 7.58. The largest absolute Gasteiger partial charge is 0.357 e. The van der Waals surface area contributed by atoms with Crippen molar-refractivity contribution in [1.82, 2.24) is 25.2 Å². The van der Waals surface area contributed by atoms with Crippen LogP contribution in [0.1, 0.15) is 32.2 Å². The second-order valence-corrected chi connectivity index (χ2v) is 6.84. The first-order valence-electron chi connectivity index (χ1n) is 8.96. The number of hydrogen-bond donors (Lipinski definition) is 2. The molecule has 0 unspecified atom stereocenters. The van der Waals surface area contributed by atoms with Gasteiger partial charge in [-0.15, -0.1) is 34.2 Å². The van der Waals surface area contributed by atoms with Crippen LogP contribution in [0, 0.1) is 0 Å². The molecule has 0 atom stereocenters. The maximum atomic E-state index is 4.67. The molecule has 144 valence electrons. The molecule has 3 rings (SSSR count). The van der Waals surface area contributed by atoms with Crippen molar-refractivity contribution in [2.24, 2.45) is 4.99 Å². The van der Waals surface area contributed by atoms with Crippen LogP contribution in [0.15, 0.2) is 59.7 Å². The number of nitrogens with zero attached hydrogens (tertiary/aromatic N) is 4. The topological polar surface area (TPSA) is 66.6 Å². The minimum Gasteiger partial charge on any atom is -0.357 e. The molecule has 0 saturated heterocycles. The molecular formula is C20H27IN6. The second kappa shape index (κ2) is 9.68. The van der Waals surface area contributed by atoms with E-state index in [1.165, 1.54) is 5.56 Å². The van der Waals surface area contributed by atoms with Crippen LogP contribution in [0.2, 0.25) is 0 Å². The molecule has 2 aromatic heterocycles. The van der Waals surface area contributed by atoms with Crippen LogP contribution < -0.4 is 10.6 Å². The summed E-state index contributed by atoms with van der Waals surface area (Å²) in [6.07, 6.45) is 1.96. The third-order valence-corrected chi connectivity index (χ3v) is 4.36. The number of nitrogens with one attached hydrogen (secondary N) is 2. The Labute approximate surface area is 177 Å². The first-order valence-corrected chi connectivity index (χ1v) is 8.96. The zero-order valence-electron chi connectivity index (χ0n) is 16.0. The van der Waals surface area contributed by atoms with E-state index in [9.17, 15) is 0 Å². The van der Waals surface area contributed by atoms with Crippen LogP contribution >= 0.6 is 24.0 Å². The summed E-state index contributed by atoms with van der Waals surface area (Å²) in [5, 5.41) is 15.2. The molecular weight excluding hydrogens is 451 g/mol. The number of hydrogen-bond acceptors (Lipinski definition) is 3. The maximum Gasteiger partial charge on any atom is 0.191 e. The van der Waals surface area contributed by atoms with Crippen molar-refractivity contribution < 1.29 is 0 Å². The molecule has 6 nitrogen and oxygen atoms in total. The summed E-state index contributed by atoms with van der Waals surface area (Å²) < 4.78 is 1.96. The number of pyridine rings is 1. The number of rotatable bonds is 6. The third-order valence-electron chi connectivity index (χ3n) is 4.36. The number of aliphatic imine (C=N–C) groups is 1. The Hall–Kier alpha value is -2.16. The van der Waals surface area contributed by atoms with Crippen molar-refractivity contribution in [3.63, 3.8) is 0 Å². The fourth-order valence-corrected chi connectivity index (χ4v) is 2.79. The lowest BCUT2D eigenvalue weighted by molar-refractivity contribution is 0.508. The van der Waals surface area contributed by atoms with Crippen LogP contribution in [0.4, 0.5) is 0 Å². The summed E-state index contributed by atoms with van der Waals surface area (Å²) >= 11 is 0. The average Bonchev–Trinajstić information content (AvgIpc) is 3.08. The molecule has 3 aromatic rings. The first-order chi connectivity index (χ1) is 12.6. The molecule has 0 radical (unpaired) electrons. The molecule has 0 bridgehead atoms. The molecule has 1 aromatic carbocycles. The van der Waals surface area contributed by atoms with Gasteiger partial charge in [0.2, 0.25) is 0 Å². The monoisotopic (exact) mass is 478 g/mol. The van der Waals surface area contributed by atoms with Gasteiger partial charge in [0, 0.05) is 24.7 Å². The van der Waals surface area contributed by atoms with Gasteiger partial charge in [-0.05, 0) is 24.6 Å². The molecule has 27 heavy (non-hydrogen) atoms. The minimum absolute atomic E-state index is 0. The van der Waals surface area contributed by atoms with E-state index in [1.807, 2.05) is 34.9 Å². The SMILES string of the molecule is CCNC(=NCc1nnc2ccccn12)NCC(C)(C)c1ccccc1.I. The number of aromatic nitrogens is 3.